The highest BCUT2D eigenvalue weighted by Crippen LogP contribution is 2.18. The third kappa shape index (κ3) is 7.17. The standard InChI is InChI=1S/C26H36N2O2/c1-20(2)30-25-10-4-8-22(17-25)9-5-15-27-26(29)24-13-11-23(12-14-24)19-28-16-6-7-21(3)18-28/h4,8,10-14,17,20-21H,5-7,9,15-16,18-19H2,1-3H3,(H,27,29)/t21-/m1/s1. The maximum absolute atomic E-state index is 12.4. The van der Waals surface area contributed by atoms with Crippen LogP contribution in [-0.4, -0.2) is 36.5 Å². The minimum Gasteiger partial charge on any atom is -0.491 e. The summed E-state index contributed by atoms with van der Waals surface area (Å²) in [5.74, 6) is 1.70. The molecule has 4 nitrogen and oxygen atoms in total. The summed E-state index contributed by atoms with van der Waals surface area (Å²) in [6.45, 7) is 10.4. The maximum Gasteiger partial charge on any atom is 0.251 e. The smallest absolute Gasteiger partial charge is 0.251 e. The van der Waals surface area contributed by atoms with Crippen molar-refractivity contribution in [2.75, 3.05) is 19.6 Å². The number of carbonyl (C=O) groups excluding carboxylic acids is 1. The molecule has 1 heterocycles. The van der Waals surface area contributed by atoms with Gasteiger partial charge in [-0.2, -0.15) is 0 Å². The molecule has 0 saturated carbocycles. The van der Waals surface area contributed by atoms with E-state index in [0.29, 0.717) is 6.54 Å². The number of ether oxygens (including phenoxy) is 1. The van der Waals surface area contributed by atoms with Crippen molar-refractivity contribution in [3.8, 4) is 5.75 Å². The summed E-state index contributed by atoms with van der Waals surface area (Å²) >= 11 is 0. The quantitative estimate of drug-likeness (QED) is 0.589. The fourth-order valence-corrected chi connectivity index (χ4v) is 4.09. The molecule has 4 heteroatoms. The Morgan fingerprint density at radius 3 is 2.70 bits per heavy atom. The Labute approximate surface area is 181 Å². The van der Waals surface area contributed by atoms with Gasteiger partial charge in [-0.05, 0) is 87.4 Å². The minimum atomic E-state index is 0.00466. The molecular weight excluding hydrogens is 372 g/mol. The van der Waals surface area contributed by atoms with Crippen molar-refractivity contribution in [3.05, 3.63) is 65.2 Å². The van der Waals surface area contributed by atoms with Crippen molar-refractivity contribution in [3.63, 3.8) is 0 Å². The summed E-state index contributed by atoms with van der Waals surface area (Å²) in [5, 5.41) is 3.04. The number of nitrogens with one attached hydrogen (secondary N) is 1. The van der Waals surface area contributed by atoms with Crippen LogP contribution in [0, 0.1) is 5.92 Å². The van der Waals surface area contributed by atoms with Crippen LogP contribution in [0.15, 0.2) is 48.5 Å². The predicted molar refractivity (Wildman–Crippen MR) is 123 cm³/mol. The molecule has 1 N–H and O–H groups in total. The van der Waals surface area contributed by atoms with E-state index in [0.717, 1.165) is 36.6 Å². The molecule has 0 radical (unpaired) electrons. The minimum absolute atomic E-state index is 0.00466. The number of rotatable bonds is 9. The van der Waals surface area contributed by atoms with E-state index in [9.17, 15) is 4.79 Å². The summed E-state index contributed by atoms with van der Waals surface area (Å²) in [5.41, 5.74) is 3.25. The van der Waals surface area contributed by atoms with Crippen LogP contribution in [0.5, 0.6) is 5.75 Å². The SMILES string of the molecule is CC(C)Oc1cccc(CCCNC(=O)c2ccc(CN3CCC[C@@H](C)C3)cc2)c1. The van der Waals surface area contributed by atoms with Crippen molar-refractivity contribution in [1.29, 1.82) is 0 Å². The van der Waals surface area contributed by atoms with Crippen LogP contribution in [0.2, 0.25) is 0 Å². The Morgan fingerprint density at radius 1 is 1.17 bits per heavy atom. The van der Waals surface area contributed by atoms with Gasteiger partial charge in [-0.15, -0.1) is 0 Å². The topological polar surface area (TPSA) is 41.6 Å². The summed E-state index contributed by atoms with van der Waals surface area (Å²) in [4.78, 5) is 15.0. The van der Waals surface area contributed by atoms with E-state index in [4.69, 9.17) is 4.74 Å². The first kappa shape index (κ1) is 22.4. The molecule has 3 rings (SSSR count). The van der Waals surface area contributed by atoms with Crippen molar-refractivity contribution in [2.45, 2.75) is 59.1 Å². The Kier molecular flexibility index (Phi) is 8.32. The molecule has 0 unspecified atom stereocenters. The molecule has 1 atom stereocenters. The number of likely N-dealkylation sites (tertiary alicyclic amines) is 1. The van der Waals surface area contributed by atoms with Gasteiger partial charge < -0.3 is 10.1 Å². The molecule has 1 fully saturated rings. The van der Waals surface area contributed by atoms with Gasteiger partial charge in [0.05, 0.1) is 6.10 Å². The first-order chi connectivity index (χ1) is 14.5. The van der Waals surface area contributed by atoms with E-state index in [1.165, 1.54) is 37.1 Å². The third-order valence-electron chi connectivity index (χ3n) is 5.56. The van der Waals surface area contributed by atoms with Gasteiger partial charge in [-0.25, -0.2) is 0 Å². The molecule has 1 amide bonds. The lowest BCUT2D eigenvalue weighted by molar-refractivity contribution is 0.0953. The molecule has 162 valence electrons. The summed E-state index contributed by atoms with van der Waals surface area (Å²) in [6.07, 6.45) is 4.63. The average molecular weight is 409 g/mol. The number of aryl methyl sites for hydroxylation is 1. The van der Waals surface area contributed by atoms with Crippen LogP contribution in [0.1, 0.15) is 61.5 Å². The van der Waals surface area contributed by atoms with Crippen LogP contribution in [0.4, 0.5) is 0 Å². The molecule has 30 heavy (non-hydrogen) atoms. The van der Waals surface area contributed by atoms with E-state index in [2.05, 4.69) is 41.4 Å². The molecule has 0 bridgehead atoms. The fourth-order valence-electron chi connectivity index (χ4n) is 4.09. The lowest BCUT2D eigenvalue weighted by atomic mass is 9.99. The van der Waals surface area contributed by atoms with Gasteiger partial charge in [-0.3, -0.25) is 9.69 Å². The summed E-state index contributed by atoms with van der Waals surface area (Å²) < 4.78 is 5.75. The Morgan fingerprint density at radius 2 is 1.97 bits per heavy atom. The number of carbonyl (C=O) groups is 1. The van der Waals surface area contributed by atoms with Crippen molar-refractivity contribution in [1.82, 2.24) is 10.2 Å². The van der Waals surface area contributed by atoms with Gasteiger partial charge in [0.2, 0.25) is 0 Å². The Balaban J connectivity index is 1.40. The van der Waals surface area contributed by atoms with E-state index in [1.807, 2.05) is 38.1 Å². The summed E-state index contributed by atoms with van der Waals surface area (Å²) in [7, 11) is 0. The van der Waals surface area contributed by atoms with Gasteiger partial charge in [0, 0.05) is 25.2 Å². The monoisotopic (exact) mass is 408 g/mol. The first-order valence-corrected chi connectivity index (χ1v) is 11.3. The van der Waals surface area contributed by atoms with Gasteiger partial charge >= 0.3 is 0 Å². The lowest BCUT2D eigenvalue weighted by Gasteiger charge is -2.30. The van der Waals surface area contributed by atoms with Crippen molar-refractivity contribution >= 4 is 5.91 Å². The fraction of sp³-hybridized carbons (Fsp3) is 0.500. The Hall–Kier alpha value is -2.33. The largest absolute Gasteiger partial charge is 0.491 e. The van der Waals surface area contributed by atoms with Crippen LogP contribution < -0.4 is 10.1 Å². The van der Waals surface area contributed by atoms with Crippen molar-refractivity contribution < 1.29 is 9.53 Å². The maximum atomic E-state index is 12.4. The highest BCUT2D eigenvalue weighted by Gasteiger charge is 2.16. The van der Waals surface area contributed by atoms with Crippen LogP contribution in [0.3, 0.4) is 0 Å². The normalized spacial score (nSPS) is 17.1. The molecule has 1 saturated heterocycles. The van der Waals surface area contributed by atoms with Crippen LogP contribution in [-0.2, 0) is 13.0 Å². The van der Waals surface area contributed by atoms with Crippen molar-refractivity contribution in [2.24, 2.45) is 5.92 Å². The molecule has 1 aliphatic rings. The molecular formula is C26H36N2O2. The van der Waals surface area contributed by atoms with Gasteiger partial charge in [0.25, 0.3) is 5.91 Å². The number of benzene rings is 2. The van der Waals surface area contributed by atoms with Gasteiger partial charge in [0.15, 0.2) is 0 Å². The zero-order chi connectivity index (χ0) is 21.3. The molecule has 0 spiro atoms. The number of piperidine rings is 1. The molecule has 2 aromatic carbocycles. The molecule has 2 aromatic rings. The van der Waals surface area contributed by atoms with E-state index in [-0.39, 0.29) is 12.0 Å². The number of amides is 1. The molecule has 0 aromatic heterocycles. The zero-order valence-electron chi connectivity index (χ0n) is 18.7. The first-order valence-electron chi connectivity index (χ1n) is 11.3. The van der Waals surface area contributed by atoms with Gasteiger partial charge in [0.1, 0.15) is 5.75 Å². The molecule has 0 aliphatic carbocycles. The van der Waals surface area contributed by atoms with E-state index in [1.54, 1.807) is 0 Å². The zero-order valence-corrected chi connectivity index (χ0v) is 18.7. The second-order valence-corrected chi connectivity index (χ2v) is 8.85. The second kappa shape index (κ2) is 11.2. The molecule has 1 aliphatic heterocycles. The Bertz CT molecular complexity index is 801. The van der Waals surface area contributed by atoms with E-state index < -0.39 is 0 Å². The second-order valence-electron chi connectivity index (χ2n) is 8.85. The van der Waals surface area contributed by atoms with Crippen LogP contribution >= 0.6 is 0 Å². The highest BCUT2D eigenvalue weighted by molar-refractivity contribution is 5.94. The third-order valence-corrected chi connectivity index (χ3v) is 5.56. The lowest BCUT2D eigenvalue weighted by Crippen LogP contribution is -2.33. The summed E-state index contributed by atoms with van der Waals surface area (Å²) in [6, 6.07) is 16.3. The van der Waals surface area contributed by atoms with E-state index >= 15 is 0 Å². The average Bonchev–Trinajstić information content (AvgIpc) is 2.71. The highest BCUT2D eigenvalue weighted by atomic mass is 16.5. The number of nitrogens with zero attached hydrogens (tertiary/aromatic N) is 1. The van der Waals surface area contributed by atoms with Gasteiger partial charge in [-0.1, -0.05) is 31.2 Å². The van der Waals surface area contributed by atoms with Crippen LogP contribution in [0.25, 0.3) is 0 Å². The number of hydrogen-bond acceptors (Lipinski definition) is 3. The number of hydrogen-bond donors (Lipinski definition) is 1. The predicted octanol–water partition coefficient (Wildman–Crippen LogP) is 5.07.